The number of aromatic nitrogens is 2. The molecule has 1 fully saturated rings. The van der Waals surface area contributed by atoms with Crippen molar-refractivity contribution in [3.05, 3.63) is 30.2 Å². The van der Waals surface area contributed by atoms with Gasteiger partial charge in [-0.3, -0.25) is 14.8 Å². The molecule has 134 valence electrons. The van der Waals surface area contributed by atoms with Crippen molar-refractivity contribution >= 4 is 22.5 Å². The van der Waals surface area contributed by atoms with E-state index in [1.807, 2.05) is 25.3 Å². The normalized spacial score (nSPS) is 20.2. The largest absolute Gasteiger partial charge is 0.386 e. The molecule has 7 nitrogen and oxygen atoms in total. The van der Waals surface area contributed by atoms with Gasteiger partial charge in [0.15, 0.2) is 0 Å². The van der Waals surface area contributed by atoms with Gasteiger partial charge in [0.2, 0.25) is 5.91 Å². The third-order valence-corrected chi connectivity index (χ3v) is 4.70. The Morgan fingerprint density at radius 3 is 3.08 bits per heavy atom. The van der Waals surface area contributed by atoms with Crippen LogP contribution >= 0.6 is 0 Å². The van der Waals surface area contributed by atoms with E-state index in [1.54, 1.807) is 18.1 Å². The molecule has 2 aromatic rings. The molecule has 0 unspecified atom stereocenters. The SMILES string of the molecule is Cc1cc(N2CC[C@](O)(CN(C)C(=O)CCN)C2)c2cnccc2n1. The lowest BCUT2D eigenvalue weighted by atomic mass is 10.0. The van der Waals surface area contributed by atoms with E-state index in [4.69, 9.17) is 5.73 Å². The summed E-state index contributed by atoms with van der Waals surface area (Å²) in [6, 6.07) is 3.92. The van der Waals surface area contributed by atoms with Gasteiger partial charge >= 0.3 is 0 Å². The number of aliphatic hydroxyl groups is 1. The fourth-order valence-corrected chi connectivity index (χ4v) is 3.48. The molecule has 1 aliphatic rings. The first-order chi connectivity index (χ1) is 11.9. The van der Waals surface area contributed by atoms with E-state index in [-0.39, 0.29) is 5.91 Å². The Kier molecular flexibility index (Phi) is 4.87. The zero-order valence-electron chi connectivity index (χ0n) is 14.8. The molecule has 1 saturated heterocycles. The highest BCUT2D eigenvalue weighted by atomic mass is 16.3. The van der Waals surface area contributed by atoms with Crippen molar-refractivity contribution in [3.63, 3.8) is 0 Å². The van der Waals surface area contributed by atoms with E-state index in [9.17, 15) is 9.90 Å². The van der Waals surface area contributed by atoms with Crippen molar-refractivity contribution in [2.24, 2.45) is 5.73 Å². The van der Waals surface area contributed by atoms with Crippen molar-refractivity contribution in [1.29, 1.82) is 0 Å². The summed E-state index contributed by atoms with van der Waals surface area (Å²) in [5, 5.41) is 11.9. The van der Waals surface area contributed by atoms with Crippen molar-refractivity contribution in [2.45, 2.75) is 25.4 Å². The van der Waals surface area contributed by atoms with E-state index in [2.05, 4.69) is 14.9 Å². The molecule has 2 aromatic heterocycles. The van der Waals surface area contributed by atoms with E-state index >= 15 is 0 Å². The van der Waals surface area contributed by atoms with Crippen LogP contribution in [0.5, 0.6) is 0 Å². The number of pyridine rings is 2. The Labute approximate surface area is 147 Å². The number of amides is 1. The van der Waals surface area contributed by atoms with Crippen molar-refractivity contribution in [2.75, 3.05) is 38.1 Å². The number of hydrogen-bond donors (Lipinski definition) is 2. The molecule has 7 heteroatoms. The first-order valence-electron chi connectivity index (χ1n) is 8.54. The van der Waals surface area contributed by atoms with Gasteiger partial charge in [-0.25, -0.2) is 0 Å². The molecule has 0 spiro atoms. The molecular formula is C18H25N5O2. The quantitative estimate of drug-likeness (QED) is 0.829. The molecule has 3 heterocycles. The van der Waals surface area contributed by atoms with Gasteiger partial charge < -0.3 is 20.6 Å². The highest BCUT2D eigenvalue weighted by Gasteiger charge is 2.38. The van der Waals surface area contributed by atoms with Gasteiger partial charge in [0.25, 0.3) is 0 Å². The number of carbonyl (C=O) groups is 1. The third kappa shape index (κ3) is 3.72. The average molecular weight is 343 g/mol. The van der Waals surface area contributed by atoms with Crippen molar-refractivity contribution < 1.29 is 9.90 Å². The Morgan fingerprint density at radius 1 is 1.52 bits per heavy atom. The number of aryl methyl sites for hydroxylation is 1. The van der Waals surface area contributed by atoms with E-state index in [0.717, 1.165) is 28.8 Å². The third-order valence-electron chi connectivity index (χ3n) is 4.70. The molecule has 1 atom stereocenters. The van der Waals surface area contributed by atoms with Crippen LogP contribution < -0.4 is 10.6 Å². The molecule has 3 rings (SSSR count). The lowest BCUT2D eigenvalue weighted by Gasteiger charge is -2.29. The molecule has 1 aliphatic heterocycles. The summed E-state index contributed by atoms with van der Waals surface area (Å²) >= 11 is 0. The maximum atomic E-state index is 11.9. The summed E-state index contributed by atoms with van der Waals surface area (Å²) in [7, 11) is 1.72. The van der Waals surface area contributed by atoms with Crippen LogP contribution in [0.1, 0.15) is 18.5 Å². The van der Waals surface area contributed by atoms with E-state index in [1.165, 1.54) is 0 Å². The van der Waals surface area contributed by atoms with Gasteiger partial charge in [-0.1, -0.05) is 0 Å². The number of carbonyl (C=O) groups excluding carboxylic acids is 1. The monoisotopic (exact) mass is 343 g/mol. The van der Waals surface area contributed by atoms with Crippen molar-refractivity contribution in [3.8, 4) is 0 Å². The summed E-state index contributed by atoms with van der Waals surface area (Å²) in [6.45, 7) is 3.79. The molecule has 25 heavy (non-hydrogen) atoms. The fraction of sp³-hybridized carbons (Fsp3) is 0.500. The fourth-order valence-electron chi connectivity index (χ4n) is 3.48. The Hall–Kier alpha value is -2.25. The zero-order chi connectivity index (χ0) is 18.0. The van der Waals surface area contributed by atoms with E-state index in [0.29, 0.717) is 32.5 Å². The second-order valence-corrected chi connectivity index (χ2v) is 6.86. The number of nitrogens with zero attached hydrogens (tertiary/aromatic N) is 4. The summed E-state index contributed by atoms with van der Waals surface area (Å²) in [5.74, 6) is -0.0382. The predicted octanol–water partition coefficient (Wildman–Crippen LogP) is 0.687. The molecule has 0 bridgehead atoms. The lowest BCUT2D eigenvalue weighted by molar-refractivity contribution is -0.132. The number of likely N-dealkylation sites (N-methyl/N-ethyl adjacent to an activating group) is 1. The number of fused-ring (bicyclic) bond motifs is 1. The van der Waals surface area contributed by atoms with Gasteiger partial charge in [-0.05, 0) is 25.5 Å². The Balaban J connectivity index is 1.80. The standard InChI is InChI=1S/C18H25N5O2/c1-13-9-16(14-10-20-7-4-15(14)21-13)23-8-5-18(25,12-23)11-22(2)17(24)3-6-19/h4,7,9-10,25H,3,5-6,8,11-12,19H2,1-2H3/t18-/m0/s1. The smallest absolute Gasteiger partial charge is 0.223 e. The number of nitrogens with two attached hydrogens (primary N) is 1. The molecule has 3 N–H and O–H groups in total. The van der Waals surface area contributed by atoms with Gasteiger partial charge in [0.1, 0.15) is 5.60 Å². The number of hydrogen-bond acceptors (Lipinski definition) is 6. The summed E-state index contributed by atoms with van der Waals surface area (Å²) in [6.07, 6.45) is 4.45. The van der Waals surface area contributed by atoms with Crippen LogP contribution in [0.3, 0.4) is 0 Å². The number of rotatable bonds is 5. The van der Waals surface area contributed by atoms with Crippen LogP contribution in [-0.4, -0.2) is 64.7 Å². The van der Waals surface area contributed by atoms with Crippen LogP contribution in [-0.2, 0) is 4.79 Å². The minimum absolute atomic E-state index is 0.0382. The predicted molar refractivity (Wildman–Crippen MR) is 97.4 cm³/mol. The second kappa shape index (κ2) is 6.93. The molecule has 0 aliphatic carbocycles. The summed E-state index contributed by atoms with van der Waals surface area (Å²) in [5.41, 5.74) is 7.38. The van der Waals surface area contributed by atoms with Crippen LogP contribution in [0.25, 0.3) is 10.9 Å². The highest BCUT2D eigenvalue weighted by molar-refractivity contribution is 5.91. The van der Waals surface area contributed by atoms with Crippen molar-refractivity contribution in [1.82, 2.24) is 14.9 Å². The molecule has 0 aromatic carbocycles. The van der Waals surface area contributed by atoms with Gasteiger partial charge in [0, 0.05) is 62.3 Å². The first-order valence-corrected chi connectivity index (χ1v) is 8.54. The van der Waals surface area contributed by atoms with Crippen LogP contribution in [0.15, 0.2) is 24.5 Å². The summed E-state index contributed by atoms with van der Waals surface area (Å²) in [4.78, 5) is 24.4. The summed E-state index contributed by atoms with van der Waals surface area (Å²) < 4.78 is 0. The zero-order valence-corrected chi connectivity index (χ0v) is 14.8. The number of β-amino-alcohol motifs (C(OH)–C–C–N with tert-alkyl or cyclic N) is 1. The molecule has 0 saturated carbocycles. The lowest BCUT2D eigenvalue weighted by Crippen LogP contribution is -2.46. The topological polar surface area (TPSA) is 95.6 Å². The Bertz CT molecular complexity index is 781. The maximum Gasteiger partial charge on any atom is 0.223 e. The minimum atomic E-state index is -0.926. The van der Waals surface area contributed by atoms with Crippen LogP contribution in [0.2, 0.25) is 0 Å². The van der Waals surface area contributed by atoms with Crippen LogP contribution in [0, 0.1) is 6.92 Å². The van der Waals surface area contributed by atoms with Crippen LogP contribution in [0.4, 0.5) is 5.69 Å². The number of anilines is 1. The molecule has 1 amide bonds. The van der Waals surface area contributed by atoms with Gasteiger partial charge in [0.05, 0.1) is 12.1 Å². The van der Waals surface area contributed by atoms with Gasteiger partial charge in [-0.2, -0.15) is 0 Å². The van der Waals surface area contributed by atoms with Gasteiger partial charge in [-0.15, -0.1) is 0 Å². The molecular weight excluding hydrogens is 318 g/mol. The second-order valence-electron chi connectivity index (χ2n) is 6.86. The first kappa shape index (κ1) is 17.6. The maximum absolute atomic E-state index is 11.9. The minimum Gasteiger partial charge on any atom is -0.386 e. The molecule has 0 radical (unpaired) electrons. The Morgan fingerprint density at radius 2 is 2.32 bits per heavy atom. The average Bonchev–Trinajstić information content (AvgIpc) is 2.96. The van der Waals surface area contributed by atoms with E-state index < -0.39 is 5.60 Å². The highest BCUT2D eigenvalue weighted by Crippen LogP contribution is 2.32.